The molecule has 7 aromatic rings. The third-order valence-corrected chi connectivity index (χ3v) is 8.01. The van der Waals surface area contributed by atoms with Crippen molar-refractivity contribution < 1.29 is 0 Å². The molecule has 0 saturated heterocycles. The fourth-order valence-corrected chi connectivity index (χ4v) is 5.83. The lowest BCUT2D eigenvalue weighted by Gasteiger charge is -2.18. The first kappa shape index (κ1) is 26.2. The van der Waals surface area contributed by atoms with Crippen LogP contribution in [0.1, 0.15) is 16.7 Å². The third kappa shape index (κ3) is 5.00. The average molecular weight is 551 g/mol. The first-order chi connectivity index (χ1) is 21.2. The summed E-state index contributed by atoms with van der Waals surface area (Å²) in [5, 5.41) is 3.42. The fraction of sp³-hybridized carbons (Fsp3) is 0. The second kappa shape index (κ2) is 11.3. The molecule has 0 atom stereocenters. The SMILES string of the molecule is C=C(/C=C(/c1ccccc1)c1ccc2c(-c3cccc4ccccc34)cc(-c3ccccc3)nc2c1N)c1ccccc1. The predicted molar refractivity (Wildman–Crippen MR) is 184 cm³/mol. The zero-order chi connectivity index (χ0) is 29.2. The number of benzene rings is 6. The molecule has 2 heteroatoms. The molecule has 43 heavy (non-hydrogen) atoms. The van der Waals surface area contributed by atoms with Crippen LogP contribution >= 0.6 is 0 Å². The van der Waals surface area contributed by atoms with Crippen LogP contribution in [0.3, 0.4) is 0 Å². The Morgan fingerprint density at radius 1 is 0.581 bits per heavy atom. The second-order valence-corrected chi connectivity index (χ2v) is 10.7. The maximum atomic E-state index is 7.15. The van der Waals surface area contributed by atoms with E-state index in [9.17, 15) is 0 Å². The van der Waals surface area contributed by atoms with Crippen LogP contribution in [0.2, 0.25) is 0 Å². The van der Waals surface area contributed by atoms with Gasteiger partial charge in [0.1, 0.15) is 0 Å². The molecule has 0 amide bonds. The van der Waals surface area contributed by atoms with Gasteiger partial charge in [-0.3, -0.25) is 0 Å². The Morgan fingerprint density at radius 3 is 1.95 bits per heavy atom. The molecule has 1 heterocycles. The van der Waals surface area contributed by atoms with Crippen molar-refractivity contribution in [2.24, 2.45) is 0 Å². The van der Waals surface area contributed by atoms with Crippen molar-refractivity contribution in [1.29, 1.82) is 0 Å². The van der Waals surface area contributed by atoms with E-state index in [1.807, 2.05) is 42.5 Å². The summed E-state index contributed by atoms with van der Waals surface area (Å²) >= 11 is 0. The van der Waals surface area contributed by atoms with Gasteiger partial charge in [-0.05, 0) is 56.3 Å². The Bertz CT molecular complexity index is 2120. The van der Waals surface area contributed by atoms with Crippen LogP contribution in [0.15, 0.2) is 164 Å². The Morgan fingerprint density at radius 2 is 1.21 bits per heavy atom. The molecule has 2 N–H and O–H groups in total. The van der Waals surface area contributed by atoms with E-state index >= 15 is 0 Å². The summed E-state index contributed by atoms with van der Waals surface area (Å²) in [6.07, 6.45) is 2.13. The van der Waals surface area contributed by atoms with Gasteiger partial charge in [-0.25, -0.2) is 4.98 Å². The molecule has 6 aromatic carbocycles. The molecule has 0 aliphatic carbocycles. The maximum Gasteiger partial charge on any atom is 0.0951 e. The van der Waals surface area contributed by atoms with Gasteiger partial charge in [-0.1, -0.05) is 152 Å². The summed E-state index contributed by atoms with van der Waals surface area (Å²) in [7, 11) is 0. The third-order valence-electron chi connectivity index (χ3n) is 8.01. The van der Waals surface area contributed by atoms with Crippen molar-refractivity contribution in [3.63, 3.8) is 0 Å². The number of anilines is 1. The van der Waals surface area contributed by atoms with Gasteiger partial charge in [0.15, 0.2) is 0 Å². The number of aromatic nitrogens is 1. The molecule has 0 unspecified atom stereocenters. The summed E-state index contributed by atoms with van der Waals surface area (Å²) in [4.78, 5) is 5.21. The van der Waals surface area contributed by atoms with E-state index in [1.54, 1.807) is 0 Å². The molecule has 1 aromatic heterocycles. The van der Waals surface area contributed by atoms with Gasteiger partial charge in [0.25, 0.3) is 0 Å². The number of hydrogen-bond donors (Lipinski definition) is 1. The zero-order valence-electron chi connectivity index (χ0n) is 23.7. The molecule has 0 saturated carbocycles. The standard InChI is InChI=1S/C41H30N2/c1-28(29-14-5-2-6-15-29)26-37(31-16-7-3-8-17-31)35-24-25-36-38(34-23-13-21-30-18-11-12-22-33(30)34)27-39(43-41(36)40(35)42)32-19-9-4-10-20-32/h2-27H,1,42H2/b37-26-. The molecule has 0 bridgehead atoms. The first-order valence-electron chi connectivity index (χ1n) is 14.5. The van der Waals surface area contributed by atoms with E-state index < -0.39 is 0 Å². The molecule has 0 radical (unpaired) electrons. The van der Waals surface area contributed by atoms with Crippen molar-refractivity contribution in [3.8, 4) is 22.4 Å². The predicted octanol–water partition coefficient (Wildman–Crippen LogP) is 10.4. The van der Waals surface area contributed by atoms with Crippen molar-refractivity contribution in [2.75, 3.05) is 5.73 Å². The van der Waals surface area contributed by atoms with Gasteiger partial charge >= 0.3 is 0 Å². The van der Waals surface area contributed by atoms with Crippen molar-refractivity contribution >= 4 is 38.5 Å². The van der Waals surface area contributed by atoms with E-state index in [0.29, 0.717) is 5.69 Å². The van der Waals surface area contributed by atoms with Gasteiger partial charge in [0, 0.05) is 16.5 Å². The summed E-state index contributed by atoms with van der Waals surface area (Å²) in [6, 6.07) is 52.4. The Kier molecular flexibility index (Phi) is 6.86. The summed E-state index contributed by atoms with van der Waals surface area (Å²) in [6.45, 7) is 4.41. The van der Waals surface area contributed by atoms with E-state index in [-0.39, 0.29) is 0 Å². The number of rotatable bonds is 6. The van der Waals surface area contributed by atoms with Crippen molar-refractivity contribution in [2.45, 2.75) is 0 Å². The van der Waals surface area contributed by atoms with Crippen LogP contribution in [-0.4, -0.2) is 4.98 Å². The van der Waals surface area contributed by atoms with E-state index in [1.165, 1.54) is 10.8 Å². The molecular formula is C41H30N2. The number of pyridine rings is 1. The Labute approximate surface area is 252 Å². The highest BCUT2D eigenvalue weighted by atomic mass is 14.7. The summed E-state index contributed by atoms with van der Waals surface area (Å²) < 4.78 is 0. The van der Waals surface area contributed by atoms with Gasteiger partial charge in [-0.15, -0.1) is 0 Å². The normalized spacial score (nSPS) is 11.6. The van der Waals surface area contributed by atoms with Crippen LogP contribution < -0.4 is 5.73 Å². The molecule has 0 aliphatic rings. The topological polar surface area (TPSA) is 38.9 Å². The lowest BCUT2D eigenvalue weighted by atomic mass is 9.89. The lowest BCUT2D eigenvalue weighted by Crippen LogP contribution is -2.01. The lowest BCUT2D eigenvalue weighted by molar-refractivity contribution is 1.39. The highest BCUT2D eigenvalue weighted by Crippen LogP contribution is 2.41. The number of hydrogen-bond acceptors (Lipinski definition) is 2. The van der Waals surface area contributed by atoms with Crippen LogP contribution in [-0.2, 0) is 0 Å². The van der Waals surface area contributed by atoms with Crippen LogP contribution in [0, 0.1) is 0 Å². The van der Waals surface area contributed by atoms with E-state index in [0.717, 1.165) is 61.1 Å². The highest BCUT2D eigenvalue weighted by Gasteiger charge is 2.18. The van der Waals surface area contributed by atoms with Crippen molar-refractivity contribution in [1.82, 2.24) is 4.98 Å². The number of allylic oxidation sites excluding steroid dienone is 2. The maximum absolute atomic E-state index is 7.15. The minimum absolute atomic E-state index is 0.646. The Balaban J connectivity index is 1.50. The molecule has 7 rings (SSSR count). The average Bonchev–Trinajstić information content (AvgIpc) is 3.08. The minimum Gasteiger partial charge on any atom is -0.396 e. The van der Waals surface area contributed by atoms with Gasteiger partial charge < -0.3 is 5.73 Å². The number of nitrogens with zero attached hydrogens (tertiary/aromatic N) is 1. The molecule has 0 fully saturated rings. The fourth-order valence-electron chi connectivity index (χ4n) is 5.83. The van der Waals surface area contributed by atoms with E-state index in [4.69, 9.17) is 10.7 Å². The summed E-state index contributed by atoms with van der Waals surface area (Å²) in [5.41, 5.74) is 17.8. The Hall–Kier alpha value is -5.73. The molecule has 204 valence electrons. The molecule has 0 spiro atoms. The molecule has 2 nitrogen and oxygen atoms in total. The summed E-state index contributed by atoms with van der Waals surface area (Å²) in [5.74, 6) is 0. The smallest absolute Gasteiger partial charge is 0.0951 e. The monoisotopic (exact) mass is 550 g/mol. The number of fused-ring (bicyclic) bond motifs is 2. The minimum atomic E-state index is 0.646. The van der Waals surface area contributed by atoms with Crippen LogP contribution in [0.4, 0.5) is 5.69 Å². The van der Waals surface area contributed by atoms with Crippen LogP contribution in [0.5, 0.6) is 0 Å². The van der Waals surface area contributed by atoms with E-state index in [2.05, 4.69) is 122 Å². The zero-order valence-corrected chi connectivity index (χ0v) is 23.7. The number of nitrogen functional groups attached to an aromatic ring is 1. The largest absolute Gasteiger partial charge is 0.396 e. The van der Waals surface area contributed by atoms with Crippen LogP contribution in [0.25, 0.3) is 55.2 Å². The second-order valence-electron chi connectivity index (χ2n) is 10.7. The van der Waals surface area contributed by atoms with Gasteiger partial charge in [-0.2, -0.15) is 0 Å². The number of nitrogens with two attached hydrogens (primary N) is 1. The molecular weight excluding hydrogens is 520 g/mol. The van der Waals surface area contributed by atoms with Gasteiger partial charge in [0.05, 0.1) is 16.9 Å². The van der Waals surface area contributed by atoms with Gasteiger partial charge in [0.2, 0.25) is 0 Å². The van der Waals surface area contributed by atoms with Crippen molar-refractivity contribution in [3.05, 3.63) is 181 Å². The first-order valence-corrected chi connectivity index (χ1v) is 14.5. The quantitative estimate of drug-likeness (QED) is 0.165. The highest BCUT2D eigenvalue weighted by molar-refractivity contribution is 6.10. The molecule has 0 aliphatic heterocycles.